The minimum absolute atomic E-state index is 0.0659. The quantitative estimate of drug-likeness (QED) is 0.604. The lowest BCUT2D eigenvalue weighted by atomic mass is 10.3. The van der Waals surface area contributed by atoms with Gasteiger partial charge in [0.05, 0.1) is 12.7 Å². The Labute approximate surface area is 117 Å². The summed E-state index contributed by atoms with van der Waals surface area (Å²) in [6, 6.07) is 6.69. The molecule has 0 amide bonds. The molecule has 0 atom stereocenters. The molecular weight excluding hydrogens is 272 g/mol. The second-order valence-electron chi connectivity index (χ2n) is 4.04. The van der Waals surface area contributed by atoms with E-state index in [-0.39, 0.29) is 17.0 Å². The minimum atomic E-state index is -0.485. The molecule has 3 aromatic rings. The fourth-order valence-corrected chi connectivity index (χ4v) is 1.92. The van der Waals surface area contributed by atoms with Crippen LogP contribution in [0, 0.1) is 22.7 Å². The van der Waals surface area contributed by atoms with Gasteiger partial charge in [0.1, 0.15) is 17.8 Å². The highest BCUT2D eigenvalue weighted by Crippen LogP contribution is 2.16. The van der Waals surface area contributed by atoms with Gasteiger partial charge in [0.2, 0.25) is 0 Å². The summed E-state index contributed by atoms with van der Waals surface area (Å²) in [6.07, 6.45) is 1.58. The zero-order valence-electron chi connectivity index (χ0n) is 10.7. The number of aromatic nitrogens is 4. The average Bonchev–Trinajstić information content (AvgIpc) is 2.88. The van der Waals surface area contributed by atoms with Crippen LogP contribution in [0.3, 0.4) is 0 Å². The minimum Gasteiger partial charge on any atom is -0.465 e. The first-order chi connectivity index (χ1) is 10.2. The number of pyridine rings is 1. The Morgan fingerprint density at radius 1 is 1.24 bits per heavy atom. The van der Waals surface area contributed by atoms with Crippen molar-refractivity contribution in [3.63, 3.8) is 0 Å². The van der Waals surface area contributed by atoms with Crippen LogP contribution in [0.4, 0.5) is 0 Å². The van der Waals surface area contributed by atoms with Gasteiger partial charge in [-0.2, -0.15) is 10.5 Å². The summed E-state index contributed by atoms with van der Waals surface area (Å²) in [5.41, 5.74) is 1.18. The molecule has 0 aliphatic carbocycles. The molecule has 3 aromatic heterocycles. The number of carbonyl (C=O) groups is 1. The molecule has 0 saturated heterocycles. The second kappa shape index (κ2) is 4.54. The van der Waals surface area contributed by atoms with Gasteiger partial charge in [-0.05, 0) is 12.1 Å². The lowest BCUT2D eigenvalue weighted by Crippen LogP contribution is -2.02. The van der Waals surface area contributed by atoms with Gasteiger partial charge in [-0.25, -0.2) is 19.7 Å². The van der Waals surface area contributed by atoms with Gasteiger partial charge in [-0.3, -0.25) is 4.40 Å². The summed E-state index contributed by atoms with van der Waals surface area (Å²) in [7, 11) is 1.29. The van der Waals surface area contributed by atoms with E-state index >= 15 is 0 Å². The van der Waals surface area contributed by atoms with Crippen molar-refractivity contribution in [1.29, 1.82) is 10.5 Å². The van der Waals surface area contributed by atoms with Gasteiger partial charge >= 0.3 is 5.97 Å². The lowest BCUT2D eigenvalue weighted by molar-refractivity contribution is 0.0600. The highest BCUT2D eigenvalue weighted by atomic mass is 16.5. The Kier molecular flexibility index (Phi) is 2.71. The highest BCUT2D eigenvalue weighted by Gasteiger charge is 2.15. The molecule has 0 saturated carbocycles. The Hall–Kier alpha value is -3.52. The van der Waals surface area contributed by atoms with Crippen molar-refractivity contribution < 1.29 is 9.53 Å². The second-order valence-corrected chi connectivity index (χ2v) is 4.04. The number of nitrogens with zero attached hydrogens (tertiary/aromatic N) is 6. The summed E-state index contributed by atoms with van der Waals surface area (Å²) in [5, 5.41) is 17.9. The van der Waals surface area contributed by atoms with E-state index in [0.717, 1.165) is 0 Å². The zero-order valence-corrected chi connectivity index (χ0v) is 10.7. The molecule has 0 aliphatic heterocycles. The molecule has 8 heteroatoms. The standard InChI is InChI=1S/C13H6N6O2/c1-21-13(20)7-2-3-19-10(4-7)18-11-12(19)17-9(6-15)8(5-14)16-11/h2-4H,1H3. The van der Waals surface area contributed by atoms with Gasteiger partial charge in [0.25, 0.3) is 0 Å². The maximum Gasteiger partial charge on any atom is 0.338 e. The molecule has 0 bridgehead atoms. The molecule has 0 N–H and O–H groups in total. The molecule has 0 unspecified atom stereocenters. The van der Waals surface area contributed by atoms with Crippen molar-refractivity contribution in [2.75, 3.05) is 7.11 Å². The van der Waals surface area contributed by atoms with Crippen molar-refractivity contribution in [3.8, 4) is 12.1 Å². The number of ether oxygens (including phenoxy) is 1. The molecule has 0 radical (unpaired) electrons. The lowest BCUT2D eigenvalue weighted by Gasteiger charge is -1.99. The SMILES string of the molecule is COC(=O)c1ccn2c(c1)nc1nc(C#N)c(C#N)nc12. The number of hydrogen-bond acceptors (Lipinski definition) is 7. The highest BCUT2D eigenvalue weighted by molar-refractivity contribution is 5.91. The van der Waals surface area contributed by atoms with Crippen LogP contribution in [0.2, 0.25) is 0 Å². The van der Waals surface area contributed by atoms with E-state index in [1.165, 1.54) is 13.2 Å². The fourth-order valence-electron chi connectivity index (χ4n) is 1.92. The van der Waals surface area contributed by atoms with E-state index in [2.05, 4.69) is 19.7 Å². The van der Waals surface area contributed by atoms with Crippen LogP contribution < -0.4 is 0 Å². The maximum atomic E-state index is 11.5. The molecule has 0 aliphatic rings. The van der Waals surface area contributed by atoms with Crippen LogP contribution in [-0.2, 0) is 4.74 Å². The number of methoxy groups -OCH3 is 1. The summed E-state index contributed by atoms with van der Waals surface area (Å²) < 4.78 is 6.22. The van der Waals surface area contributed by atoms with Crippen LogP contribution in [0.25, 0.3) is 16.9 Å². The number of fused-ring (bicyclic) bond motifs is 3. The Balaban J connectivity index is 2.33. The van der Waals surface area contributed by atoms with E-state index in [9.17, 15) is 4.79 Å². The van der Waals surface area contributed by atoms with E-state index in [0.29, 0.717) is 16.9 Å². The Morgan fingerprint density at radius 3 is 2.62 bits per heavy atom. The third kappa shape index (κ3) is 1.83. The number of carbonyl (C=O) groups excluding carboxylic acids is 1. The number of hydrogen-bond donors (Lipinski definition) is 0. The number of nitriles is 2. The molecule has 8 nitrogen and oxygen atoms in total. The fraction of sp³-hybridized carbons (Fsp3) is 0.0769. The summed E-state index contributed by atoms with van der Waals surface area (Å²) in [4.78, 5) is 23.8. The number of rotatable bonds is 1. The molecule has 0 aromatic carbocycles. The third-order valence-electron chi connectivity index (χ3n) is 2.88. The van der Waals surface area contributed by atoms with E-state index in [1.807, 2.05) is 6.07 Å². The number of esters is 1. The van der Waals surface area contributed by atoms with Gasteiger partial charge in [-0.1, -0.05) is 0 Å². The van der Waals surface area contributed by atoms with Crippen molar-refractivity contribution in [1.82, 2.24) is 19.4 Å². The summed E-state index contributed by atoms with van der Waals surface area (Å²) >= 11 is 0. The van der Waals surface area contributed by atoms with Crippen molar-refractivity contribution >= 4 is 22.9 Å². The van der Waals surface area contributed by atoms with E-state index < -0.39 is 5.97 Å². The van der Waals surface area contributed by atoms with Crippen LogP contribution in [-0.4, -0.2) is 32.4 Å². The van der Waals surface area contributed by atoms with Gasteiger partial charge in [-0.15, -0.1) is 0 Å². The van der Waals surface area contributed by atoms with Crippen LogP contribution >= 0.6 is 0 Å². The average molecular weight is 278 g/mol. The van der Waals surface area contributed by atoms with Gasteiger partial charge < -0.3 is 4.74 Å². The van der Waals surface area contributed by atoms with E-state index in [4.69, 9.17) is 10.5 Å². The first-order valence-corrected chi connectivity index (χ1v) is 5.76. The first-order valence-electron chi connectivity index (χ1n) is 5.76. The molecule has 0 spiro atoms. The third-order valence-corrected chi connectivity index (χ3v) is 2.88. The smallest absolute Gasteiger partial charge is 0.338 e. The molecular formula is C13H6N6O2. The summed E-state index contributed by atoms with van der Waals surface area (Å²) in [6.45, 7) is 0. The van der Waals surface area contributed by atoms with Crippen LogP contribution in [0.1, 0.15) is 21.7 Å². The molecule has 3 heterocycles. The van der Waals surface area contributed by atoms with Crippen molar-refractivity contribution in [2.45, 2.75) is 0 Å². The van der Waals surface area contributed by atoms with Crippen LogP contribution in [0.5, 0.6) is 0 Å². The first kappa shape index (κ1) is 12.5. The Bertz CT molecular complexity index is 976. The zero-order chi connectivity index (χ0) is 15.0. The Morgan fingerprint density at radius 2 is 1.95 bits per heavy atom. The predicted molar refractivity (Wildman–Crippen MR) is 69.1 cm³/mol. The monoisotopic (exact) mass is 278 g/mol. The van der Waals surface area contributed by atoms with Gasteiger partial charge in [0.15, 0.2) is 22.7 Å². The molecule has 3 rings (SSSR count). The van der Waals surface area contributed by atoms with Crippen LogP contribution in [0.15, 0.2) is 18.3 Å². The maximum absolute atomic E-state index is 11.5. The van der Waals surface area contributed by atoms with Crippen molar-refractivity contribution in [2.24, 2.45) is 0 Å². The normalized spacial score (nSPS) is 10.2. The largest absolute Gasteiger partial charge is 0.465 e. The number of imidazole rings is 1. The summed E-state index contributed by atoms with van der Waals surface area (Å²) in [5.74, 6) is -0.485. The molecule has 100 valence electrons. The van der Waals surface area contributed by atoms with Crippen molar-refractivity contribution in [3.05, 3.63) is 35.3 Å². The predicted octanol–water partition coefficient (Wildman–Crippen LogP) is 0.807. The van der Waals surface area contributed by atoms with E-state index in [1.54, 1.807) is 22.7 Å². The topological polar surface area (TPSA) is 117 Å². The molecule has 0 fully saturated rings. The van der Waals surface area contributed by atoms with Gasteiger partial charge in [0, 0.05) is 6.20 Å². The molecule has 21 heavy (non-hydrogen) atoms.